The number of ether oxygens (including phenoxy) is 2. The molecule has 0 amide bonds. The van der Waals surface area contributed by atoms with Gasteiger partial charge in [0.05, 0.1) is 6.10 Å². The Balaban J connectivity index is 2.02. The number of hydrogen-bond donors (Lipinski definition) is 1. The summed E-state index contributed by atoms with van der Waals surface area (Å²) in [6.45, 7) is 1.92. The Kier molecular flexibility index (Phi) is 3.78. The van der Waals surface area contributed by atoms with E-state index in [-0.39, 0.29) is 12.1 Å². The first-order valence-electron chi connectivity index (χ1n) is 5.97. The Labute approximate surface area is 101 Å². The number of rotatable bonds is 3. The first kappa shape index (κ1) is 12.1. The molecule has 1 aromatic rings. The number of nitrogens with two attached hydrogens (primary N) is 1. The van der Waals surface area contributed by atoms with E-state index in [4.69, 9.17) is 15.2 Å². The van der Waals surface area contributed by atoms with Gasteiger partial charge in [0.1, 0.15) is 6.10 Å². The van der Waals surface area contributed by atoms with Crippen LogP contribution in [0.1, 0.15) is 31.2 Å². The quantitative estimate of drug-likeness (QED) is 0.866. The molecule has 2 atom stereocenters. The lowest BCUT2D eigenvalue weighted by Gasteiger charge is -2.28. The van der Waals surface area contributed by atoms with Gasteiger partial charge in [-0.1, -0.05) is 0 Å². The van der Waals surface area contributed by atoms with Gasteiger partial charge in [-0.15, -0.1) is 0 Å². The first-order valence-corrected chi connectivity index (χ1v) is 5.97. The highest BCUT2D eigenvalue weighted by Crippen LogP contribution is 2.25. The lowest BCUT2D eigenvalue weighted by Crippen LogP contribution is -2.30. The van der Waals surface area contributed by atoms with Crippen molar-refractivity contribution in [1.29, 1.82) is 0 Å². The van der Waals surface area contributed by atoms with Gasteiger partial charge in [-0.25, -0.2) is 4.98 Å². The second kappa shape index (κ2) is 5.31. The van der Waals surface area contributed by atoms with Crippen LogP contribution in [0.4, 0.5) is 5.95 Å². The number of nitrogen functional groups attached to an aromatic ring is 1. The van der Waals surface area contributed by atoms with Gasteiger partial charge in [-0.3, -0.25) is 0 Å². The highest BCUT2D eigenvalue weighted by Gasteiger charge is 2.23. The molecule has 5 nitrogen and oxygen atoms in total. The van der Waals surface area contributed by atoms with Gasteiger partial charge >= 0.3 is 0 Å². The third kappa shape index (κ3) is 3.06. The van der Waals surface area contributed by atoms with Crippen molar-refractivity contribution in [2.24, 2.45) is 0 Å². The summed E-state index contributed by atoms with van der Waals surface area (Å²) in [7, 11) is 1.75. The summed E-state index contributed by atoms with van der Waals surface area (Å²) < 4.78 is 11.3. The standard InChI is InChI=1S/C12H19N3O2/c1-8-7-14-12(13)15-11(8)17-10-5-3-4-9(6-10)16-2/h7,9-10H,3-6H2,1-2H3,(H2,13,14,15). The van der Waals surface area contributed by atoms with Crippen molar-refractivity contribution in [3.8, 4) is 5.88 Å². The van der Waals surface area contributed by atoms with Crippen LogP contribution in [0.25, 0.3) is 0 Å². The minimum absolute atomic E-state index is 0.168. The zero-order valence-corrected chi connectivity index (χ0v) is 10.3. The molecule has 94 valence electrons. The van der Waals surface area contributed by atoms with Crippen LogP contribution in [0.3, 0.4) is 0 Å². The van der Waals surface area contributed by atoms with E-state index in [1.54, 1.807) is 13.3 Å². The van der Waals surface area contributed by atoms with Crippen LogP contribution in [-0.2, 0) is 4.74 Å². The lowest BCUT2D eigenvalue weighted by molar-refractivity contribution is 0.0193. The second-order valence-corrected chi connectivity index (χ2v) is 4.48. The summed E-state index contributed by atoms with van der Waals surface area (Å²) in [5.41, 5.74) is 6.47. The summed E-state index contributed by atoms with van der Waals surface area (Å²) >= 11 is 0. The van der Waals surface area contributed by atoms with Crippen molar-refractivity contribution in [1.82, 2.24) is 9.97 Å². The van der Waals surface area contributed by atoms with Gasteiger partial charge in [-0.05, 0) is 26.2 Å². The SMILES string of the molecule is COC1CCCC(Oc2nc(N)ncc2C)C1. The van der Waals surface area contributed by atoms with Crippen molar-refractivity contribution in [2.45, 2.75) is 44.8 Å². The van der Waals surface area contributed by atoms with Gasteiger partial charge < -0.3 is 15.2 Å². The van der Waals surface area contributed by atoms with E-state index < -0.39 is 0 Å². The molecule has 5 heteroatoms. The summed E-state index contributed by atoms with van der Waals surface area (Å²) in [6, 6.07) is 0. The van der Waals surface area contributed by atoms with Crippen LogP contribution in [-0.4, -0.2) is 29.3 Å². The molecule has 1 aliphatic carbocycles. The highest BCUT2D eigenvalue weighted by atomic mass is 16.5. The van der Waals surface area contributed by atoms with E-state index in [0.717, 1.165) is 31.2 Å². The van der Waals surface area contributed by atoms with Crippen molar-refractivity contribution in [3.05, 3.63) is 11.8 Å². The Morgan fingerprint density at radius 1 is 1.35 bits per heavy atom. The van der Waals surface area contributed by atoms with Crippen LogP contribution in [0, 0.1) is 6.92 Å². The van der Waals surface area contributed by atoms with Crippen LogP contribution in [0.5, 0.6) is 5.88 Å². The average molecular weight is 237 g/mol. The molecule has 17 heavy (non-hydrogen) atoms. The van der Waals surface area contributed by atoms with E-state index in [9.17, 15) is 0 Å². The van der Waals surface area contributed by atoms with Gasteiger partial charge in [0.25, 0.3) is 0 Å². The third-order valence-corrected chi connectivity index (χ3v) is 3.13. The topological polar surface area (TPSA) is 70.3 Å². The minimum Gasteiger partial charge on any atom is -0.474 e. The molecule has 2 unspecified atom stereocenters. The van der Waals surface area contributed by atoms with Crippen LogP contribution >= 0.6 is 0 Å². The van der Waals surface area contributed by atoms with Crippen LogP contribution in [0.2, 0.25) is 0 Å². The fourth-order valence-electron chi connectivity index (χ4n) is 2.14. The summed E-state index contributed by atoms with van der Waals surface area (Å²) in [5.74, 6) is 0.851. The molecule has 0 bridgehead atoms. The molecule has 2 rings (SSSR count). The zero-order chi connectivity index (χ0) is 12.3. The fourth-order valence-corrected chi connectivity index (χ4v) is 2.14. The molecule has 0 aromatic carbocycles. The second-order valence-electron chi connectivity index (χ2n) is 4.48. The van der Waals surface area contributed by atoms with E-state index in [2.05, 4.69) is 9.97 Å². The molecule has 1 heterocycles. The average Bonchev–Trinajstić information content (AvgIpc) is 2.34. The molecule has 2 N–H and O–H groups in total. The highest BCUT2D eigenvalue weighted by molar-refractivity contribution is 5.28. The van der Waals surface area contributed by atoms with Crippen molar-refractivity contribution in [2.75, 3.05) is 12.8 Å². The van der Waals surface area contributed by atoms with E-state index >= 15 is 0 Å². The normalized spacial score (nSPS) is 24.6. The van der Waals surface area contributed by atoms with Crippen LogP contribution in [0.15, 0.2) is 6.20 Å². The molecular formula is C12H19N3O2. The number of aromatic nitrogens is 2. The molecule has 0 spiro atoms. The Morgan fingerprint density at radius 2 is 2.12 bits per heavy atom. The number of hydrogen-bond acceptors (Lipinski definition) is 5. The minimum atomic E-state index is 0.168. The Bertz CT molecular complexity index is 384. The maximum Gasteiger partial charge on any atom is 0.223 e. The first-order chi connectivity index (χ1) is 8.19. The number of anilines is 1. The lowest BCUT2D eigenvalue weighted by atomic mass is 9.95. The summed E-state index contributed by atoms with van der Waals surface area (Å²) in [4.78, 5) is 8.05. The molecule has 0 saturated heterocycles. The monoisotopic (exact) mass is 237 g/mol. The van der Waals surface area contributed by atoms with Gasteiger partial charge in [-0.2, -0.15) is 4.98 Å². The number of methoxy groups -OCH3 is 1. The zero-order valence-electron chi connectivity index (χ0n) is 10.3. The Morgan fingerprint density at radius 3 is 2.88 bits per heavy atom. The van der Waals surface area contributed by atoms with Crippen molar-refractivity contribution >= 4 is 5.95 Å². The predicted molar refractivity (Wildman–Crippen MR) is 64.9 cm³/mol. The molecule has 1 aromatic heterocycles. The van der Waals surface area contributed by atoms with Gasteiger partial charge in [0.15, 0.2) is 0 Å². The Hall–Kier alpha value is -1.36. The molecular weight excluding hydrogens is 218 g/mol. The molecule has 1 aliphatic rings. The maximum absolute atomic E-state index is 5.89. The van der Waals surface area contributed by atoms with Crippen molar-refractivity contribution < 1.29 is 9.47 Å². The molecule has 0 radical (unpaired) electrons. The fraction of sp³-hybridized carbons (Fsp3) is 0.667. The van der Waals surface area contributed by atoms with E-state index in [1.165, 1.54) is 0 Å². The van der Waals surface area contributed by atoms with Crippen molar-refractivity contribution in [3.63, 3.8) is 0 Å². The van der Waals surface area contributed by atoms with Gasteiger partial charge in [0, 0.05) is 25.3 Å². The molecule has 1 fully saturated rings. The summed E-state index contributed by atoms with van der Waals surface area (Å²) in [5, 5.41) is 0. The van der Waals surface area contributed by atoms with Crippen LogP contribution < -0.4 is 10.5 Å². The number of nitrogens with zero attached hydrogens (tertiary/aromatic N) is 2. The van der Waals surface area contributed by atoms with E-state index in [0.29, 0.717) is 12.0 Å². The summed E-state index contributed by atoms with van der Waals surface area (Å²) in [6.07, 6.45) is 6.36. The maximum atomic E-state index is 5.89. The smallest absolute Gasteiger partial charge is 0.223 e. The third-order valence-electron chi connectivity index (χ3n) is 3.13. The van der Waals surface area contributed by atoms with Gasteiger partial charge in [0.2, 0.25) is 11.8 Å². The predicted octanol–water partition coefficient (Wildman–Crippen LogP) is 1.70. The molecule has 0 aliphatic heterocycles. The van der Waals surface area contributed by atoms with E-state index in [1.807, 2.05) is 6.92 Å². The largest absolute Gasteiger partial charge is 0.474 e. The number of aryl methyl sites for hydroxylation is 1. The molecule has 1 saturated carbocycles.